The summed E-state index contributed by atoms with van der Waals surface area (Å²) in [5.41, 5.74) is 0. The van der Waals surface area contributed by atoms with E-state index in [1.807, 2.05) is 6.07 Å². The fraction of sp³-hybridized carbons (Fsp3) is 0.750. The molecule has 2 aliphatic rings. The van der Waals surface area contributed by atoms with Crippen molar-refractivity contribution in [1.29, 1.82) is 0 Å². The monoisotopic (exact) mass is 490 g/mol. The van der Waals surface area contributed by atoms with Crippen LogP contribution in [0.1, 0.15) is 63.7 Å². The molecule has 3 N–H and O–H groups in total. The van der Waals surface area contributed by atoms with Crippen molar-refractivity contribution >= 4 is 29.9 Å². The van der Waals surface area contributed by atoms with Gasteiger partial charge in [0.2, 0.25) is 0 Å². The van der Waals surface area contributed by atoms with E-state index < -0.39 is 0 Å². The Hall–Kier alpha value is -0.800. The standard InChI is InChI=1S/C20H34N4O2.HI/c1-2-21-20(23-16-8-10-17(25)11-9-16)22-15-18(19-7-6-14-26-19)24-12-4-3-5-13-24;/h6-7,14,16-18,25H,2-5,8-13,15H2,1H3,(H2,21,22,23);1H. The molecular weight excluding hydrogens is 455 g/mol. The largest absolute Gasteiger partial charge is 0.468 e. The van der Waals surface area contributed by atoms with Crippen LogP contribution < -0.4 is 10.6 Å². The molecule has 1 aromatic rings. The molecule has 1 atom stereocenters. The van der Waals surface area contributed by atoms with Gasteiger partial charge in [-0.05, 0) is 70.7 Å². The molecule has 154 valence electrons. The summed E-state index contributed by atoms with van der Waals surface area (Å²) >= 11 is 0. The van der Waals surface area contributed by atoms with E-state index in [0.717, 1.165) is 57.0 Å². The molecule has 1 saturated heterocycles. The van der Waals surface area contributed by atoms with Crippen LogP contribution in [0.25, 0.3) is 0 Å². The second kappa shape index (κ2) is 11.9. The zero-order chi connectivity index (χ0) is 18.2. The summed E-state index contributed by atoms with van der Waals surface area (Å²) in [7, 11) is 0. The first kappa shape index (κ1) is 22.5. The van der Waals surface area contributed by atoms with Crippen LogP contribution in [-0.4, -0.2) is 54.3 Å². The van der Waals surface area contributed by atoms with Crippen LogP contribution in [0.4, 0.5) is 0 Å². The van der Waals surface area contributed by atoms with E-state index in [2.05, 4.69) is 28.5 Å². The molecule has 1 unspecified atom stereocenters. The van der Waals surface area contributed by atoms with Crippen molar-refractivity contribution in [2.75, 3.05) is 26.2 Å². The number of piperidine rings is 1. The highest BCUT2D eigenvalue weighted by molar-refractivity contribution is 14.0. The van der Waals surface area contributed by atoms with E-state index in [4.69, 9.17) is 9.41 Å². The minimum atomic E-state index is -0.130. The normalized spacial score (nSPS) is 25.5. The van der Waals surface area contributed by atoms with E-state index in [9.17, 15) is 5.11 Å². The molecule has 1 saturated carbocycles. The molecule has 2 fully saturated rings. The number of halogens is 1. The summed E-state index contributed by atoms with van der Waals surface area (Å²) in [6.45, 7) is 5.86. The predicted octanol–water partition coefficient (Wildman–Crippen LogP) is 3.28. The number of nitrogens with zero attached hydrogens (tertiary/aromatic N) is 2. The minimum Gasteiger partial charge on any atom is -0.468 e. The number of aliphatic imine (C=N–C) groups is 1. The highest BCUT2D eigenvalue weighted by atomic mass is 127. The number of hydrogen-bond donors (Lipinski definition) is 3. The zero-order valence-electron chi connectivity index (χ0n) is 16.4. The molecule has 1 aliphatic heterocycles. The number of guanidine groups is 1. The SMILES string of the molecule is CCNC(=NCC(c1ccco1)N1CCCCC1)NC1CCC(O)CC1.I. The molecule has 2 heterocycles. The molecule has 27 heavy (non-hydrogen) atoms. The van der Waals surface area contributed by atoms with Crippen LogP contribution in [0.15, 0.2) is 27.8 Å². The van der Waals surface area contributed by atoms with E-state index >= 15 is 0 Å². The van der Waals surface area contributed by atoms with Gasteiger partial charge < -0.3 is 20.2 Å². The first-order valence-electron chi connectivity index (χ1n) is 10.3. The maximum atomic E-state index is 9.70. The Labute approximate surface area is 180 Å². The molecule has 3 rings (SSSR count). The molecular formula is C20H35IN4O2. The van der Waals surface area contributed by atoms with Gasteiger partial charge in [-0.2, -0.15) is 0 Å². The lowest BCUT2D eigenvalue weighted by Gasteiger charge is -2.33. The van der Waals surface area contributed by atoms with E-state index in [1.54, 1.807) is 6.26 Å². The summed E-state index contributed by atoms with van der Waals surface area (Å²) in [4.78, 5) is 7.39. The lowest BCUT2D eigenvalue weighted by atomic mass is 9.93. The average molecular weight is 490 g/mol. The Morgan fingerprint density at radius 2 is 2.00 bits per heavy atom. The summed E-state index contributed by atoms with van der Waals surface area (Å²) < 4.78 is 5.72. The van der Waals surface area contributed by atoms with E-state index in [1.165, 1.54) is 19.3 Å². The third-order valence-electron chi connectivity index (χ3n) is 5.51. The number of rotatable bonds is 6. The van der Waals surface area contributed by atoms with Gasteiger partial charge in [0.05, 0.1) is 25.0 Å². The molecule has 7 heteroatoms. The zero-order valence-corrected chi connectivity index (χ0v) is 18.7. The lowest BCUT2D eigenvalue weighted by molar-refractivity contribution is 0.120. The molecule has 1 aromatic heterocycles. The van der Waals surface area contributed by atoms with Gasteiger partial charge in [-0.25, -0.2) is 0 Å². The first-order valence-corrected chi connectivity index (χ1v) is 10.3. The van der Waals surface area contributed by atoms with Crippen LogP contribution in [-0.2, 0) is 0 Å². The third kappa shape index (κ3) is 6.94. The fourth-order valence-corrected chi connectivity index (χ4v) is 4.01. The van der Waals surface area contributed by atoms with Gasteiger partial charge in [-0.15, -0.1) is 24.0 Å². The van der Waals surface area contributed by atoms with Gasteiger partial charge in [-0.1, -0.05) is 6.42 Å². The number of aliphatic hydroxyl groups excluding tert-OH is 1. The van der Waals surface area contributed by atoms with Gasteiger partial charge in [0.25, 0.3) is 0 Å². The Kier molecular flexibility index (Phi) is 9.92. The van der Waals surface area contributed by atoms with Gasteiger partial charge in [-0.3, -0.25) is 9.89 Å². The van der Waals surface area contributed by atoms with Crippen LogP contribution in [0.2, 0.25) is 0 Å². The second-order valence-corrected chi connectivity index (χ2v) is 7.50. The quantitative estimate of drug-likeness (QED) is 0.324. The van der Waals surface area contributed by atoms with Crippen molar-refractivity contribution in [1.82, 2.24) is 15.5 Å². The van der Waals surface area contributed by atoms with Crippen molar-refractivity contribution < 1.29 is 9.52 Å². The average Bonchev–Trinajstić information content (AvgIpc) is 3.19. The molecule has 6 nitrogen and oxygen atoms in total. The van der Waals surface area contributed by atoms with Gasteiger partial charge >= 0.3 is 0 Å². The summed E-state index contributed by atoms with van der Waals surface area (Å²) in [6, 6.07) is 4.63. The molecule has 0 spiro atoms. The molecule has 0 aromatic carbocycles. The molecule has 0 radical (unpaired) electrons. The smallest absolute Gasteiger partial charge is 0.191 e. The summed E-state index contributed by atoms with van der Waals surface area (Å²) in [5.74, 6) is 1.88. The van der Waals surface area contributed by atoms with Crippen molar-refractivity contribution in [3.8, 4) is 0 Å². The second-order valence-electron chi connectivity index (χ2n) is 7.50. The number of hydrogen-bond acceptors (Lipinski definition) is 4. The molecule has 0 amide bonds. The third-order valence-corrected chi connectivity index (χ3v) is 5.51. The van der Waals surface area contributed by atoms with Crippen molar-refractivity contribution in [2.45, 2.75) is 70.1 Å². The number of nitrogens with one attached hydrogen (secondary N) is 2. The predicted molar refractivity (Wildman–Crippen MR) is 120 cm³/mol. The fourth-order valence-electron chi connectivity index (χ4n) is 4.01. The van der Waals surface area contributed by atoms with Crippen molar-refractivity contribution in [2.24, 2.45) is 4.99 Å². The van der Waals surface area contributed by atoms with Crippen LogP contribution in [0.5, 0.6) is 0 Å². The maximum absolute atomic E-state index is 9.70. The summed E-state index contributed by atoms with van der Waals surface area (Å²) in [5, 5.41) is 16.6. The topological polar surface area (TPSA) is 73.0 Å². The first-order chi connectivity index (χ1) is 12.8. The lowest BCUT2D eigenvalue weighted by Crippen LogP contribution is -2.45. The van der Waals surface area contributed by atoms with Crippen LogP contribution in [0, 0.1) is 0 Å². The van der Waals surface area contributed by atoms with E-state index in [0.29, 0.717) is 12.6 Å². The van der Waals surface area contributed by atoms with Crippen molar-refractivity contribution in [3.63, 3.8) is 0 Å². The van der Waals surface area contributed by atoms with E-state index in [-0.39, 0.29) is 36.1 Å². The highest BCUT2D eigenvalue weighted by Crippen LogP contribution is 2.25. The van der Waals surface area contributed by atoms with Gasteiger partial charge in [0, 0.05) is 12.6 Å². The van der Waals surface area contributed by atoms with Gasteiger partial charge in [0.1, 0.15) is 5.76 Å². The van der Waals surface area contributed by atoms with Crippen LogP contribution >= 0.6 is 24.0 Å². The Morgan fingerprint density at radius 1 is 1.26 bits per heavy atom. The number of likely N-dealkylation sites (tertiary alicyclic amines) is 1. The number of furan rings is 1. The Morgan fingerprint density at radius 3 is 2.63 bits per heavy atom. The number of aliphatic hydroxyl groups is 1. The maximum Gasteiger partial charge on any atom is 0.191 e. The minimum absolute atomic E-state index is 0. The Balaban J connectivity index is 0.00000261. The summed E-state index contributed by atoms with van der Waals surface area (Å²) in [6.07, 6.45) is 9.20. The van der Waals surface area contributed by atoms with Gasteiger partial charge in [0.15, 0.2) is 5.96 Å². The highest BCUT2D eigenvalue weighted by Gasteiger charge is 2.25. The molecule has 1 aliphatic carbocycles. The van der Waals surface area contributed by atoms with Crippen molar-refractivity contribution in [3.05, 3.63) is 24.2 Å². The Bertz CT molecular complexity index is 538. The van der Waals surface area contributed by atoms with Crippen LogP contribution in [0.3, 0.4) is 0 Å². The molecule has 0 bridgehead atoms.